The Labute approximate surface area is 799 Å². The van der Waals surface area contributed by atoms with Gasteiger partial charge in [-0.05, 0) is 182 Å². The van der Waals surface area contributed by atoms with Crippen LogP contribution in [0, 0.1) is 19.8 Å². The molecule has 8 aromatic heterocycles. The van der Waals surface area contributed by atoms with Gasteiger partial charge in [0.2, 0.25) is 0 Å². The lowest BCUT2D eigenvalue weighted by Gasteiger charge is -2.23. The molecule has 690 valence electrons. The fourth-order valence-electron chi connectivity index (χ4n) is 20.7. The first-order valence-corrected chi connectivity index (χ1v) is 58.5. The molecule has 1 aliphatic rings. The van der Waals surface area contributed by atoms with Crippen LogP contribution < -0.4 is 0 Å². The Balaban J connectivity index is 0.883. The Morgan fingerprint density at radius 2 is 0.551 bits per heavy atom. The Morgan fingerprint density at radius 1 is 0.268 bits per heavy atom. The second kappa shape index (κ2) is 53.7. The summed E-state index contributed by atoms with van der Waals surface area (Å²) in [6.07, 6.45) is 76.7. The van der Waals surface area contributed by atoms with Gasteiger partial charge in [-0.15, -0.1) is 68.0 Å². The summed E-state index contributed by atoms with van der Waals surface area (Å²) in [5.41, 5.74) is 14.7. The van der Waals surface area contributed by atoms with Crippen molar-refractivity contribution >= 4 is 166 Å². The van der Waals surface area contributed by atoms with Crippen LogP contribution in [0.25, 0.3) is 113 Å². The highest BCUT2D eigenvalue weighted by Crippen LogP contribution is 2.55. The summed E-state index contributed by atoms with van der Waals surface area (Å²) < 4.78 is 26.3. The molecule has 2 amide bonds. The van der Waals surface area contributed by atoms with E-state index in [1.54, 1.807) is 38.7 Å². The third-order valence-electron chi connectivity index (χ3n) is 28.1. The van der Waals surface area contributed by atoms with Crippen LogP contribution in [0.4, 0.5) is 0 Å². The minimum Gasteiger partial charge on any atom is -0.274 e. The lowest BCUT2D eigenvalue weighted by Crippen LogP contribution is -2.34. The van der Waals surface area contributed by atoms with Crippen LogP contribution in [0.3, 0.4) is 0 Å². The predicted octanol–water partition coefficient (Wildman–Crippen LogP) is 40.0. The van der Waals surface area contributed by atoms with Crippen LogP contribution in [-0.2, 0) is 25.7 Å². The first-order chi connectivity index (χ1) is 62.6. The van der Waals surface area contributed by atoms with E-state index in [0.717, 1.165) is 94.3 Å². The summed E-state index contributed by atoms with van der Waals surface area (Å²) in [4.78, 5) is 44.4. The second-order valence-electron chi connectivity index (χ2n) is 38.4. The van der Waals surface area contributed by atoms with Crippen LogP contribution in [-0.4, -0.2) is 40.8 Å². The molecule has 9 heterocycles. The molecule has 15 heteroatoms. The van der Waals surface area contributed by atoms with Gasteiger partial charge in [-0.3, -0.25) is 14.5 Å². The fraction of sp³-hybridized carbons (Fsp3) is 0.625. The van der Waals surface area contributed by atoms with Crippen molar-refractivity contribution in [2.45, 2.75) is 441 Å². The van der Waals surface area contributed by atoms with Gasteiger partial charge in [-0.25, -0.2) is 0 Å². The molecule has 0 saturated heterocycles. The van der Waals surface area contributed by atoms with E-state index in [0.29, 0.717) is 17.7 Å². The van der Waals surface area contributed by atoms with Gasteiger partial charge in [0.1, 0.15) is 22.1 Å². The molecular formula is C112H157N5O2S8. The van der Waals surface area contributed by atoms with Gasteiger partial charge >= 0.3 is 0 Å². The number of rotatable bonds is 67. The Bertz CT molecular complexity index is 5160. The van der Waals surface area contributed by atoms with Crippen LogP contribution >= 0.6 is 91.5 Å². The summed E-state index contributed by atoms with van der Waals surface area (Å²) in [5, 5.41) is 5.81. The average Bonchev–Trinajstić information content (AvgIpc) is 1.57. The Hall–Kier alpha value is -5.10. The highest BCUT2D eigenvalue weighted by molar-refractivity contribution is 7.28. The number of hydrogen-bond donors (Lipinski definition) is 0. The minimum atomic E-state index is -0.154. The van der Waals surface area contributed by atoms with Crippen molar-refractivity contribution < 1.29 is 9.59 Å². The van der Waals surface area contributed by atoms with Gasteiger partial charge in [0.15, 0.2) is 0 Å². The summed E-state index contributed by atoms with van der Waals surface area (Å²) >= 11 is 14.2. The van der Waals surface area contributed by atoms with Crippen molar-refractivity contribution in [3.05, 3.63) is 104 Å². The van der Waals surface area contributed by atoms with Crippen molar-refractivity contribution in [1.82, 2.24) is 22.4 Å². The van der Waals surface area contributed by atoms with Crippen LogP contribution in [0.2, 0.25) is 0 Å². The molecule has 12 aromatic rings. The Morgan fingerprint density at radius 3 is 0.906 bits per heavy atom. The number of carbonyl (C=O) groups excluding carboxylic acids is 2. The zero-order valence-corrected chi connectivity index (χ0v) is 86.3. The van der Waals surface area contributed by atoms with Crippen molar-refractivity contribution in [1.29, 1.82) is 0 Å². The molecule has 0 aliphatic carbocycles. The average molecular weight is 1860 g/mol. The minimum absolute atomic E-state index is 0.153. The zero-order chi connectivity index (χ0) is 88.3. The van der Waals surface area contributed by atoms with Gasteiger partial charge in [-0.1, -0.05) is 375 Å². The molecule has 0 spiro atoms. The topological polar surface area (TPSA) is 88.9 Å². The largest absolute Gasteiger partial charge is 0.274 e. The first kappa shape index (κ1) is 99.4. The highest BCUT2D eigenvalue weighted by atomic mass is 32.1. The first-order valence-electron chi connectivity index (χ1n) is 52.2. The number of imide groups is 1. The van der Waals surface area contributed by atoms with E-state index < -0.39 is 0 Å². The van der Waals surface area contributed by atoms with E-state index in [1.165, 1.54) is 449 Å². The standard InChI is InChI=1S/C112H157N5O2S8/c1-9-15-21-27-33-38-42-47-53-59-65-83-88-75-81(8)120-107(88)84(66-60-54-48-43-39-34-28-22-16-10-2)90-77-97(124-109(83)90)92-71-73-94(121-92)99-101-102(112(119)117(111(101)118)79-82(63-57-51-32-26-20-14-6)64-58-52-46-37-31-25-19-13-5)100(106-105(99)115-127-116-106)95-74-72-93(122-95)98-78-91-86(68-62-56-50-45-41-36-30-24-18-12-4)108-89(76-96(123-108)87-70-69-80(7)103-104(87)114-126-113-103)85(110(91)125-98)67-61-55-49-44-40-35-29-23-17-11-3/h69-78,82H,9-68,79H2,1-8H3. The van der Waals surface area contributed by atoms with Crippen molar-refractivity contribution in [3.8, 4) is 50.8 Å². The number of aromatic nitrogens is 4. The van der Waals surface area contributed by atoms with Crippen molar-refractivity contribution in [3.63, 3.8) is 0 Å². The third-order valence-corrected chi connectivity index (χ3v) is 36.5. The molecule has 1 unspecified atom stereocenters. The van der Waals surface area contributed by atoms with Gasteiger partial charge in [-0.2, -0.15) is 17.5 Å². The monoisotopic (exact) mass is 1860 g/mol. The van der Waals surface area contributed by atoms with E-state index in [9.17, 15) is 0 Å². The quantitative estimate of drug-likeness (QED) is 0.0279. The van der Waals surface area contributed by atoms with Gasteiger partial charge in [0, 0.05) is 81.1 Å². The molecule has 1 aliphatic heterocycles. The molecule has 0 saturated carbocycles. The number of hydrogen-bond acceptors (Lipinski definition) is 14. The number of thiophene rings is 6. The molecule has 1 atom stereocenters. The summed E-state index contributed by atoms with van der Waals surface area (Å²) in [6.45, 7) is 18.8. The number of nitrogens with zero attached hydrogens (tertiary/aromatic N) is 5. The maximum atomic E-state index is 16.5. The van der Waals surface area contributed by atoms with Crippen LogP contribution in [0.1, 0.15) is 455 Å². The van der Waals surface area contributed by atoms with Crippen molar-refractivity contribution in [2.24, 2.45) is 5.92 Å². The highest BCUT2D eigenvalue weighted by Gasteiger charge is 2.44. The van der Waals surface area contributed by atoms with E-state index in [-0.39, 0.29) is 17.7 Å². The predicted molar refractivity (Wildman–Crippen MR) is 569 cm³/mol. The number of amides is 2. The maximum absolute atomic E-state index is 16.5. The number of unbranched alkanes of at least 4 members (excludes halogenated alkanes) is 48. The molecule has 0 fully saturated rings. The van der Waals surface area contributed by atoms with E-state index >= 15 is 9.59 Å². The van der Waals surface area contributed by atoms with Gasteiger partial charge < -0.3 is 0 Å². The molecule has 0 bridgehead atoms. The summed E-state index contributed by atoms with van der Waals surface area (Å²) in [7, 11) is 0. The summed E-state index contributed by atoms with van der Waals surface area (Å²) in [6, 6.07) is 24.0. The van der Waals surface area contributed by atoms with E-state index in [4.69, 9.17) is 17.5 Å². The SMILES string of the molecule is CCCCCCCCCCCCc1c2cc(-c3ccc(-c4c5c(c(-c6ccc(-c7cc8c(CCCCCCCCCCCC)c9sc(-c%10ccc(C)c%11nsnc%10%11)cc9c(CCCCCCCCCCCC)c8s7)s6)c6nsnc46)C(=O)N(CC(CCCCCCCC)CCCCCCCCCC)C5=O)s3)sc2c(CCCCCCCCCCCC)c2cc(C)sc12. The molecule has 0 radical (unpaired) electrons. The van der Waals surface area contributed by atoms with Gasteiger partial charge in [0.05, 0.1) is 34.6 Å². The smallest absolute Gasteiger partial charge is 0.262 e. The molecule has 4 aromatic carbocycles. The summed E-state index contributed by atoms with van der Waals surface area (Å²) in [5.74, 6) is -0.0808. The van der Waals surface area contributed by atoms with E-state index in [1.807, 2.05) is 45.3 Å². The molecule has 127 heavy (non-hydrogen) atoms. The lowest BCUT2D eigenvalue weighted by atomic mass is 9.93. The number of carbonyl (C=O) groups is 2. The Kier molecular flexibility index (Phi) is 42.0. The number of benzene rings is 4. The lowest BCUT2D eigenvalue weighted by molar-refractivity contribution is 0.0622. The normalized spacial score (nSPS) is 12.9. The second-order valence-corrected chi connectivity index (χ2v) is 46.0. The van der Waals surface area contributed by atoms with Crippen molar-refractivity contribution in [2.75, 3.05) is 6.54 Å². The van der Waals surface area contributed by atoms with Crippen LogP contribution in [0.5, 0.6) is 0 Å². The van der Waals surface area contributed by atoms with Crippen LogP contribution in [0.15, 0.2) is 60.7 Å². The number of aryl methyl sites for hydroxylation is 6. The molecule has 0 N–H and O–H groups in total. The number of fused-ring (bicyclic) bond motifs is 7. The molecule has 13 rings (SSSR count). The zero-order valence-electron chi connectivity index (χ0n) is 79.8. The molecular weight excluding hydrogens is 1700 g/mol. The molecule has 7 nitrogen and oxygen atoms in total. The third kappa shape index (κ3) is 26.9. The fourth-order valence-corrected chi connectivity index (χ4v) is 29.1. The maximum Gasteiger partial charge on any atom is 0.262 e. The van der Waals surface area contributed by atoms with E-state index in [2.05, 4.69) is 116 Å². The van der Waals surface area contributed by atoms with Gasteiger partial charge in [0.25, 0.3) is 11.8 Å².